The molecule has 2 rings (SSSR count). The Morgan fingerprint density at radius 3 is 3.00 bits per heavy atom. The molecule has 0 saturated heterocycles. The minimum Gasteiger partial charge on any atom is -0.211 e. The summed E-state index contributed by atoms with van der Waals surface area (Å²) >= 11 is 4.65. The molecule has 0 saturated carbocycles. The molecule has 0 aliphatic heterocycles. The lowest BCUT2D eigenvalue weighted by atomic mass is 10.7. The van der Waals surface area contributed by atoms with Crippen LogP contribution in [-0.4, -0.2) is 19.7 Å². The van der Waals surface area contributed by atoms with Gasteiger partial charge >= 0.3 is 0 Å². The first-order valence-corrected chi connectivity index (χ1v) is 4.90. The fourth-order valence-corrected chi connectivity index (χ4v) is 1.93. The van der Waals surface area contributed by atoms with Crippen LogP contribution < -0.4 is 0 Å². The van der Waals surface area contributed by atoms with Crippen LogP contribution in [0.4, 0.5) is 0 Å². The van der Waals surface area contributed by atoms with Crippen molar-refractivity contribution in [1.82, 2.24) is 19.7 Å². The Labute approximate surface area is 85.8 Å². The van der Waals surface area contributed by atoms with E-state index in [1.807, 2.05) is 11.4 Å². The fraction of sp³-hybridized carbons (Fsp3) is 0. The quantitative estimate of drug-likeness (QED) is 0.772. The number of halogens is 1. The topological polar surface area (TPSA) is 67.4 Å². The van der Waals surface area contributed by atoms with Crippen LogP contribution in [0.3, 0.4) is 0 Å². The highest BCUT2D eigenvalue weighted by atomic mass is 79.9. The van der Waals surface area contributed by atoms with Gasteiger partial charge in [-0.3, -0.25) is 0 Å². The van der Waals surface area contributed by atoms with Gasteiger partial charge in [-0.25, -0.2) is 9.97 Å². The van der Waals surface area contributed by atoms with E-state index in [4.69, 9.17) is 5.26 Å². The number of nitrogens with zero attached hydrogens (tertiary/aromatic N) is 5. The summed E-state index contributed by atoms with van der Waals surface area (Å²) in [6, 6.07) is 1.85. The number of hydrogen-bond donors (Lipinski definition) is 0. The maximum atomic E-state index is 8.49. The van der Waals surface area contributed by atoms with Crippen molar-refractivity contribution in [2.75, 3.05) is 0 Å². The van der Waals surface area contributed by atoms with Crippen LogP contribution in [0.5, 0.6) is 0 Å². The molecule has 0 unspecified atom stereocenters. The molecular weight excluding hydrogens is 254 g/mol. The third-order valence-corrected chi connectivity index (χ3v) is 2.79. The zero-order chi connectivity index (χ0) is 9.26. The largest absolute Gasteiger partial charge is 0.252 e. The normalized spacial score (nSPS) is 9.85. The van der Waals surface area contributed by atoms with Crippen molar-refractivity contribution in [3.63, 3.8) is 0 Å². The average molecular weight is 256 g/mol. The van der Waals surface area contributed by atoms with Crippen LogP contribution in [0, 0.1) is 11.3 Å². The van der Waals surface area contributed by atoms with Crippen LogP contribution in [0.15, 0.2) is 16.3 Å². The first-order chi connectivity index (χ1) is 6.29. The highest BCUT2D eigenvalue weighted by molar-refractivity contribution is 9.10. The maximum absolute atomic E-state index is 8.49. The summed E-state index contributed by atoms with van der Waals surface area (Å²) in [5.74, 6) is 0.145. The molecule has 2 aromatic rings. The zero-order valence-electron chi connectivity index (χ0n) is 6.18. The summed E-state index contributed by atoms with van der Waals surface area (Å²) < 4.78 is 2.22. The van der Waals surface area contributed by atoms with E-state index in [0.717, 1.165) is 4.60 Å². The molecule has 0 radical (unpaired) electrons. The molecule has 0 aromatic carbocycles. The standard InChI is InChI=1S/C6H2BrN5S/c7-4-2-13-6(10-4)12-3-9-5(1-8)11-12/h2-3H. The summed E-state index contributed by atoms with van der Waals surface area (Å²) in [5.41, 5.74) is 0. The van der Waals surface area contributed by atoms with Gasteiger partial charge in [-0.15, -0.1) is 16.4 Å². The number of nitriles is 1. The molecule has 0 aliphatic rings. The SMILES string of the molecule is N#Cc1ncn(-c2nc(Br)cs2)n1. The maximum Gasteiger partial charge on any atom is 0.252 e. The summed E-state index contributed by atoms with van der Waals surface area (Å²) in [4.78, 5) is 7.88. The highest BCUT2D eigenvalue weighted by Crippen LogP contribution is 2.17. The Hall–Kier alpha value is -1.26. The molecule has 0 amide bonds. The molecule has 2 heterocycles. The van der Waals surface area contributed by atoms with E-state index in [0.29, 0.717) is 5.13 Å². The third-order valence-electron chi connectivity index (χ3n) is 1.25. The molecule has 5 nitrogen and oxygen atoms in total. The predicted molar refractivity (Wildman–Crippen MR) is 49.4 cm³/mol. The van der Waals surface area contributed by atoms with Crippen molar-refractivity contribution in [3.8, 4) is 11.2 Å². The van der Waals surface area contributed by atoms with Crippen LogP contribution in [-0.2, 0) is 0 Å². The molecule has 0 bridgehead atoms. The van der Waals surface area contributed by atoms with Crippen molar-refractivity contribution in [2.45, 2.75) is 0 Å². The molecule has 0 atom stereocenters. The lowest BCUT2D eigenvalue weighted by Crippen LogP contribution is -1.93. The van der Waals surface area contributed by atoms with Crippen LogP contribution in [0.1, 0.15) is 5.82 Å². The van der Waals surface area contributed by atoms with Crippen LogP contribution >= 0.6 is 27.3 Å². The van der Waals surface area contributed by atoms with Crippen molar-refractivity contribution in [3.05, 3.63) is 22.1 Å². The lowest BCUT2D eigenvalue weighted by molar-refractivity contribution is 0.860. The lowest BCUT2D eigenvalue weighted by Gasteiger charge is -1.88. The Morgan fingerprint density at radius 1 is 1.62 bits per heavy atom. The molecule has 0 N–H and O–H groups in total. The molecule has 2 aromatic heterocycles. The Morgan fingerprint density at radius 2 is 2.46 bits per heavy atom. The average Bonchev–Trinajstić information content (AvgIpc) is 2.71. The minimum absolute atomic E-state index is 0.145. The molecular formula is C6H2BrN5S. The predicted octanol–water partition coefficient (Wildman–Crippen LogP) is 1.36. The first kappa shape index (κ1) is 8.34. The Kier molecular flexibility index (Phi) is 2.08. The Bertz CT molecular complexity index is 467. The summed E-state index contributed by atoms with van der Waals surface area (Å²) in [7, 11) is 0. The second-order valence-corrected chi connectivity index (χ2v) is 3.73. The monoisotopic (exact) mass is 255 g/mol. The van der Waals surface area contributed by atoms with E-state index in [1.165, 1.54) is 22.3 Å². The van der Waals surface area contributed by atoms with E-state index >= 15 is 0 Å². The van der Waals surface area contributed by atoms with E-state index in [2.05, 4.69) is 31.0 Å². The summed E-state index contributed by atoms with van der Waals surface area (Å²) in [6.07, 6.45) is 1.46. The van der Waals surface area contributed by atoms with Crippen LogP contribution in [0.2, 0.25) is 0 Å². The van der Waals surface area contributed by atoms with E-state index < -0.39 is 0 Å². The second-order valence-electron chi connectivity index (χ2n) is 2.08. The van der Waals surface area contributed by atoms with Gasteiger partial charge in [0.2, 0.25) is 5.13 Å². The Balaban J connectivity index is 2.42. The smallest absolute Gasteiger partial charge is 0.211 e. The van der Waals surface area contributed by atoms with Gasteiger partial charge in [0.25, 0.3) is 5.82 Å². The number of thiazole rings is 1. The van der Waals surface area contributed by atoms with Gasteiger partial charge in [-0.05, 0) is 15.9 Å². The van der Waals surface area contributed by atoms with E-state index in [9.17, 15) is 0 Å². The number of hydrogen-bond acceptors (Lipinski definition) is 5. The minimum atomic E-state index is 0.145. The fourth-order valence-electron chi connectivity index (χ4n) is 0.757. The van der Waals surface area contributed by atoms with Crippen molar-refractivity contribution < 1.29 is 0 Å². The van der Waals surface area contributed by atoms with Gasteiger partial charge in [-0.2, -0.15) is 9.94 Å². The van der Waals surface area contributed by atoms with Gasteiger partial charge in [-0.1, -0.05) is 0 Å². The molecule has 0 spiro atoms. The van der Waals surface area contributed by atoms with Crippen molar-refractivity contribution in [1.29, 1.82) is 5.26 Å². The van der Waals surface area contributed by atoms with Gasteiger partial charge in [0.15, 0.2) is 0 Å². The third kappa shape index (κ3) is 1.59. The first-order valence-electron chi connectivity index (χ1n) is 3.23. The second kappa shape index (κ2) is 3.24. The van der Waals surface area contributed by atoms with Gasteiger partial charge in [0, 0.05) is 5.38 Å². The molecule has 64 valence electrons. The summed E-state index contributed by atoms with van der Waals surface area (Å²) in [5, 5.41) is 14.9. The van der Waals surface area contributed by atoms with Crippen molar-refractivity contribution in [2.24, 2.45) is 0 Å². The number of aromatic nitrogens is 4. The van der Waals surface area contributed by atoms with Crippen LogP contribution in [0.25, 0.3) is 5.13 Å². The van der Waals surface area contributed by atoms with E-state index in [-0.39, 0.29) is 5.82 Å². The highest BCUT2D eigenvalue weighted by Gasteiger charge is 2.04. The van der Waals surface area contributed by atoms with Gasteiger partial charge in [0.1, 0.15) is 17.0 Å². The van der Waals surface area contributed by atoms with Gasteiger partial charge < -0.3 is 0 Å². The number of rotatable bonds is 1. The molecule has 7 heteroatoms. The van der Waals surface area contributed by atoms with Gasteiger partial charge in [0.05, 0.1) is 0 Å². The molecule has 0 aliphatic carbocycles. The molecule has 13 heavy (non-hydrogen) atoms. The molecule has 0 fully saturated rings. The van der Waals surface area contributed by atoms with E-state index in [1.54, 1.807) is 0 Å². The van der Waals surface area contributed by atoms with Crippen molar-refractivity contribution >= 4 is 27.3 Å². The zero-order valence-corrected chi connectivity index (χ0v) is 8.58. The summed E-state index contributed by atoms with van der Waals surface area (Å²) in [6.45, 7) is 0.